The summed E-state index contributed by atoms with van der Waals surface area (Å²) in [4.78, 5) is 10.6. The third-order valence-corrected chi connectivity index (χ3v) is 5.10. The number of rotatable bonds is 6. The first kappa shape index (κ1) is 26.8. The summed E-state index contributed by atoms with van der Waals surface area (Å²) >= 11 is 0. The normalized spacial score (nSPS) is 13.4. The Balaban J connectivity index is 0. The molecule has 0 saturated heterocycles. The molecule has 16 heteroatoms. The zero-order chi connectivity index (χ0) is 21.6. The maximum Gasteiger partial charge on any atom is 0.480 e. The zero-order valence-electron chi connectivity index (χ0n) is 13.6. The van der Waals surface area contributed by atoms with Gasteiger partial charge in [0.25, 0.3) is 0 Å². The highest BCUT2D eigenvalue weighted by Crippen LogP contribution is 2.36. The van der Waals surface area contributed by atoms with Gasteiger partial charge in [0.1, 0.15) is 0 Å². The molecule has 0 heterocycles. The monoisotopic (exact) mass is 438 g/mol. The lowest BCUT2D eigenvalue weighted by Gasteiger charge is -2.26. The van der Waals surface area contributed by atoms with Crippen molar-refractivity contribution in [1.82, 2.24) is 0 Å². The number of hydrogen-bond donors (Lipinski definition) is 0. The number of carbonyl (C=O) groups excluding carboxylic acids is 1. The van der Waals surface area contributed by atoms with E-state index in [-0.39, 0.29) is 5.97 Å². The van der Waals surface area contributed by atoms with Crippen molar-refractivity contribution in [3.63, 3.8) is 0 Å². The van der Waals surface area contributed by atoms with E-state index in [2.05, 4.69) is 6.58 Å². The van der Waals surface area contributed by atoms with Gasteiger partial charge in [-0.2, -0.15) is 26.3 Å². The van der Waals surface area contributed by atoms with Gasteiger partial charge in [-0.25, -0.2) is 21.6 Å². The topological polar surface area (TPSA) is 109 Å². The third kappa shape index (κ3) is 9.35. The van der Waals surface area contributed by atoms with E-state index in [0.717, 1.165) is 10.7 Å². The first-order chi connectivity index (χ1) is 11.2. The molecule has 156 valence electrons. The van der Waals surface area contributed by atoms with Gasteiger partial charge in [-0.15, -0.1) is 0 Å². The summed E-state index contributed by atoms with van der Waals surface area (Å²) < 4.78 is 115. The van der Waals surface area contributed by atoms with Crippen molar-refractivity contribution in [1.29, 1.82) is 0 Å². The number of esters is 1. The predicted octanol–water partition coefficient (Wildman–Crippen LogP) is 1.83. The zero-order valence-corrected chi connectivity index (χ0v) is 15.3. The molecular weight excluding hydrogens is 422 g/mol. The van der Waals surface area contributed by atoms with Crippen LogP contribution in [-0.4, -0.2) is 65.7 Å². The molecular formula is C10H16F6N2O6S2. The molecule has 0 aromatic carbocycles. The fraction of sp³-hybridized carbons (Fsp3) is 0.700. The fourth-order valence-corrected chi connectivity index (χ4v) is 2.31. The van der Waals surface area contributed by atoms with Crippen molar-refractivity contribution < 1.29 is 57.2 Å². The van der Waals surface area contributed by atoms with Crippen LogP contribution in [0.4, 0.5) is 26.3 Å². The molecule has 8 nitrogen and oxygen atoms in total. The number of halogens is 6. The maximum absolute atomic E-state index is 11.4. The number of sulfonamides is 2. The molecule has 0 unspecified atom stereocenters. The Kier molecular flexibility index (Phi) is 9.29. The molecule has 0 radical (unpaired) electrons. The number of nitrogens with zero attached hydrogens (tertiary/aromatic N) is 2. The van der Waals surface area contributed by atoms with Crippen molar-refractivity contribution in [2.45, 2.75) is 17.9 Å². The molecule has 0 N–H and O–H groups in total. The van der Waals surface area contributed by atoms with Gasteiger partial charge in [-0.1, -0.05) is 6.58 Å². The number of ether oxygens (including phenoxy) is 1. The van der Waals surface area contributed by atoms with Crippen molar-refractivity contribution in [3.8, 4) is 0 Å². The van der Waals surface area contributed by atoms with E-state index in [1.807, 2.05) is 21.0 Å². The highest BCUT2D eigenvalue weighted by atomic mass is 32.3. The van der Waals surface area contributed by atoms with Crippen LogP contribution in [0.25, 0.3) is 4.13 Å². The van der Waals surface area contributed by atoms with E-state index < -0.39 is 31.1 Å². The minimum Gasteiger partial charge on any atom is -0.421 e. The number of quaternary nitrogens is 1. The second kappa shape index (κ2) is 9.01. The van der Waals surface area contributed by atoms with E-state index in [0.29, 0.717) is 11.2 Å². The van der Waals surface area contributed by atoms with Crippen molar-refractivity contribution in [2.75, 3.05) is 27.4 Å². The second-order valence-corrected chi connectivity index (χ2v) is 8.39. The molecule has 0 amide bonds. The van der Waals surface area contributed by atoms with Crippen LogP contribution in [0.3, 0.4) is 0 Å². The SMILES string of the molecule is C=CC(=O)OC[N+](C)(C)CC.O=S(=O)([N-]S(=O)(=O)C(F)(F)F)C(F)(F)F. The predicted molar refractivity (Wildman–Crippen MR) is 77.1 cm³/mol. The minimum atomic E-state index is -6.72. The third-order valence-electron chi connectivity index (χ3n) is 2.36. The molecule has 0 spiro atoms. The van der Waals surface area contributed by atoms with Crippen LogP contribution >= 0.6 is 0 Å². The van der Waals surface area contributed by atoms with E-state index in [1.165, 1.54) is 6.08 Å². The molecule has 0 rings (SSSR count). The van der Waals surface area contributed by atoms with Gasteiger partial charge < -0.3 is 8.86 Å². The largest absolute Gasteiger partial charge is 0.480 e. The second-order valence-electron chi connectivity index (χ2n) is 4.96. The van der Waals surface area contributed by atoms with Crippen LogP contribution in [0.2, 0.25) is 0 Å². The molecule has 0 fully saturated rings. The van der Waals surface area contributed by atoms with Crippen molar-refractivity contribution in [2.24, 2.45) is 0 Å². The quantitative estimate of drug-likeness (QED) is 0.206. The fourth-order valence-electron chi connectivity index (χ4n) is 0.602. The average Bonchev–Trinajstić information content (AvgIpc) is 2.42. The van der Waals surface area contributed by atoms with Crippen LogP contribution in [0, 0.1) is 0 Å². The number of hydrogen-bond acceptors (Lipinski definition) is 6. The summed E-state index contributed by atoms with van der Waals surface area (Å²) in [6, 6.07) is 0. The van der Waals surface area contributed by atoms with E-state index in [9.17, 15) is 48.0 Å². The molecule has 0 aromatic heterocycles. The summed E-state index contributed by atoms with van der Waals surface area (Å²) in [6.07, 6.45) is 1.18. The maximum atomic E-state index is 11.4. The first-order valence-electron chi connectivity index (χ1n) is 6.20. The molecule has 26 heavy (non-hydrogen) atoms. The molecule has 0 aromatic rings. The Morgan fingerprint density at radius 2 is 1.38 bits per heavy atom. The highest BCUT2D eigenvalue weighted by Gasteiger charge is 2.46. The van der Waals surface area contributed by atoms with E-state index >= 15 is 0 Å². The van der Waals surface area contributed by atoms with Crippen LogP contribution < -0.4 is 0 Å². The van der Waals surface area contributed by atoms with E-state index in [1.54, 1.807) is 0 Å². The molecule has 0 aliphatic heterocycles. The Hall–Kier alpha value is -1.39. The summed E-state index contributed by atoms with van der Waals surface area (Å²) in [7, 11) is -9.45. The number of carbonyl (C=O) groups is 1. The molecule has 0 bridgehead atoms. The van der Waals surface area contributed by atoms with Crippen molar-refractivity contribution in [3.05, 3.63) is 16.8 Å². The lowest BCUT2D eigenvalue weighted by atomic mass is 10.5. The van der Waals surface area contributed by atoms with E-state index in [4.69, 9.17) is 4.74 Å². The van der Waals surface area contributed by atoms with Gasteiger partial charge in [0.2, 0.25) is 6.73 Å². The summed E-state index contributed by atoms with van der Waals surface area (Å²) in [5.74, 6) is -0.357. The van der Waals surface area contributed by atoms with Gasteiger partial charge in [-0.05, 0) is 6.92 Å². The molecule has 0 aliphatic rings. The van der Waals surface area contributed by atoms with Gasteiger partial charge in [0, 0.05) is 6.08 Å². The van der Waals surface area contributed by atoms with Gasteiger partial charge in [0.05, 0.1) is 20.6 Å². The summed E-state index contributed by atoms with van der Waals surface area (Å²) in [5.41, 5.74) is -12.4. The highest BCUT2D eigenvalue weighted by molar-refractivity contribution is 8.13. The standard InChI is InChI=1S/C8H16NO2.C2F6NO4S2/c1-5-8(10)11-7-9(3,4)6-2;3-1(4,5)14(10,11)9-15(12,13)2(6,7)8/h5H,1,6-7H2,2-4H3;/q+1;-1. The van der Waals surface area contributed by atoms with Gasteiger partial charge >= 0.3 is 17.0 Å². The smallest absolute Gasteiger partial charge is 0.421 e. The Morgan fingerprint density at radius 3 is 1.62 bits per heavy atom. The molecule has 0 atom stereocenters. The average molecular weight is 438 g/mol. The van der Waals surface area contributed by atoms with Crippen LogP contribution in [0.15, 0.2) is 12.7 Å². The number of alkyl halides is 6. The van der Waals surface area contributed by atoms with Crippen LogP contribution in [0.5, 0.6) is 0 Å². The minimum absolute atomic E-state index is 0.357. The first-order valence-corrected chi connectivity index (χ1v) is 9.08. The van der Waals surface area contributed by atoms with Gasteiger partial charge in [0.15, 0.2) is 20.0 Å². The lowest BCUT2D eigenvalue weighted by molar-refractivity contribution is -0.905. The van der Waals surface area contributed by atoms with Gasteiger partial charge in [-0.3, -0.25) is 4.48 Å². The lowest BCUT2D eigenvalue weighted by Crippen LogP contribution is -2.41. The van der Waals surface area contributed by atoms with Crippen molar-refractivity contribution >= 4 is 26.0 Å². The van der Waals surface area contributed by atoms with Crippen LogP contribution in [-0.2, 0) is 29.6 Å². The molecule has 0 aliphatic carbocycles. The summed E-state index contributed by atoms with van der Waals surface area (Å²) in [5, 5.41) is 0. The Labute approximate surface area is 146 Å². The Bertz CT molecular complexity index is 655. The summed E-state index contributed by atoms with van der Waals surface area (Å²) in [6.45, 7) is 6.69. The molecule has 0 saturated carbocycles. The Morgan fingerprint density at radius 1 is 1.04 bits per heavy atom. The van der Waals surface area contributed by atoms with Crippen LogP contribution in [0.1, 0.15) is 6.92 Å².